The van der Waals surface area contributed by atoms with E-state index in [2.05, 4.69) is 20.8 Å². The second-order valence-electron chi connectivity index (χ2n) is 7.19. The molecule has 1 unspecified atom stereocenters. The van der Waals surface area contributed by atoms with Gasteiger partial charge in [0.2, 0.25) is 0 Å². The minimum Gasteiger partial charge on any atom is -0.494 e. The van der Waals surface area contributed by atoms with E-state index < -0.39 is 0 Å². The zero-order valence-electron chi connectivity index (χ0n) is 17.2. The van der Waals surface area contributed by atoms with Crippen molar-refractivity contribution in [2.75, 3.05) is 31.6 Å². The van der Waals surface area contributed by atoms with Gasteiger partial charge >= 0.3 is 6.03 Å². The summed E-state index contributed by atoms with van der Waals surface area (Å²) < 4.78 is 5.64. The van der Waals surface area contributed by atoms with Crippen LogP contribution in [0.3, 0.4) is 0 Å². The van der Waals surface area contributed by atoms with E-state index >= 15 is 0 Å². The Morgan fingerprint density at radius 1 is 1.34 bits per heavy atom. The van der Waals surface area contributed by atoms with Crippen molar-refractivity contribution in [2.24, 2.45) is 0 Å². The molecule has 1 aliphatic heterocycles. The molecule has 1 saturated heterocycles. The van der Waals surface area contributed by atoms with Gasteiger partial charge in [-0.2, -0.15) is 5.10 Å². The van der Waals surface area contributed by atoms with Crippen LogP contribution in [-0.4, -0.2) is 53.3 Å². The summed E-state index contributed by atoms with van der Waals surface area (Å²) >= 11 is 0. The van der Waals surface area contributed by atoms with Gasteiger partial charge in [-0.25, -0.2) is 4.79 Å². The van der Waals surface area contributed by atoms with Crippen LogP contribution in [0.2, 0.25) is 0 Å². The highest BCUT2D eigenvalue weighted by Crippen LogP contribution is 2.31. The molecule has 1 aliphatic rings. The van der Waals surface area contributed by atoms with Gasteiger partial charge in [0.05, 0.1) is 24.2 Å². The van der Waals surface area contributed by atoms with Crippen LogP contribution < -0.4 is 15.4 Å². The molecule has 0 radical (unpaired) electrons. The Hall–Kier alpha value is -3.03. The number of likely N-dealkylation sites (tertiary alicyclic amines) is 1. The number of nitrogens with zero attached hydrogens (tertiary/aromatic N) is 2. The Morgan fingerprint density at radius 3 is 2.93 bits per heavy atom. The van der Waals surface area contributed by atoms with Gasteiger partial charge in [-0.1, -0.05) is 6.07 Å². The highest BCUT2D eigenvalue weighted by atomic mass is 16.5. The van der Waals surface area contributed by atoms with Crippen molar-refractivity contribution < 1.29 is 14.3 Å². The van der Waals surface area contributed by atoms with Gasteiger partial charge < -0.3 is 20.3 Å². The number of nitrogens with one attached hydrogen (secondary N) is 3. The fourth-order valence-corrected chi connectivity index (χ4v) is 3.66. The average Bonchev–Trinajstić information content (AvgIpc) is 3.17. The van der Waals surface area contributed by atoms with Gasteiger partial charge in [0.15, 0.2) is 0 Å². The van der Waals surface area contributed by atoms with Crippen molar-refractivity contribution in [1.29, 1.82) is 0 Å². The van der Waals surface area contributed by atoms with Crippen LogP contribution in [-0.2, 0) is 0 Å². The number of rotatable bonds is 6. The topological polar surface area (TPSA) is 99.4 Å². The van der Waals surface area contributed by atoms with Crippen molar-refractivity contribution in [2.45, 2.75) is 39.5 Å². The second-order valence-corrected chi connectivity index (χ2v) is 7.19. The predicted octanol–water partition coefficient (Wildman–Crippen LogP) is 3.28. The standard InChI is InChI=1S/C21H29N5O3/c1-4-22-21(28)24-17-12-23-25-19(17)16-7-6-10-26(13-16)20(27)15-9-8-14(3)18(11-15)29-5-2/h8-9,11-12,16H,4-7,10,13H2,1-3H3,(H,23,25)(H2,22,24,28). The molecule has 2 aromatic rings. The molecule has 1 aromatic heterocycles. The summed E-state index contributed by atoms with van der Waals surface area (Å²) in [5.41, 5.74) is 3.15. The third-order valence-electron chi connectivity index (χ3n) is 5.11. The molecule has 3 N–H and O–H groups in total. The third kappa shape index (κ3) is 4.88. The number of carbonyl (C=O) groups excluding carboxylic acids is 2. The number of urea groups is 1. The van der Waals surface area contributed by atoms with E-state index in [0.29, 0.717) is 37.5 Å². The van der Waals surface area contributed by atoms with E-state index in [1.807, 2.05) is 43.9 Å². The van der Waals surface area contributed by atoms with Crippen LogP contribution in [0.1, 0.15) is 54.2 Å². The molecule has 1 fully saturated rings. The number of aromatic nitrogens is 2. The van der Waals surface area contributed by atoms with E-state index in [9.17, 15) is 9.59 Å². The molecule has 0 spiro atoms. The zero-order chi connectivity index (χ0) is 20.8. The quantitative estimate of drug-likeness (QED) is 0.694. The molecule has 3 rings (SSSR count). The first-order valence-electron chi connectivity index (χ1n) is 10.1. The molecule has 0 saturated carbocycles. The second kappa shape index (κ2) is 9.45. The maximum absolute atomic E-state index is 13.1. The van der Waals surface area contributed by atoms with Crippen LogP contribution in [0.15, 0.2) is 24.4 Å². The molecule has 0 aliphatic carbocycles. The van der Waals surface area contributed by atoms with Crippen molar-refractivity contribution in [1.82, 2.24) is 20.4 Å². The SMILES string of the molecule is CCNC(=O)Nc1cn[nH]c1C1CCCN(C(=O)c2ccc(C)c(OCC)c2)C1. The number of ether oxygens (including phenoxy) is 1. The maximum atomic E-state index is 13.1. The number of carbonyl (C=O) groups is 2. The largest absolute Gasteiger partial charge is 0.494 e. The highest BCUT2D eigenvalue weighted by molar-refractivity contribution is 5.95. The molecular formula is C21H29N5O3. The Morgan fingerprint density at radius 2 is 2.17 bits per heavy atom. The molecule has 1 aromatic carbocycles. The van der Waals surface area contributed by atoms with Crippen LogP contribution in [0.5, 0.6) is 5.75 Å². The van der Waals surface area contributed by atoms with Gasteiger partial charge in [0.25, 0.3) is 5.91 Å². The van der Waals surface area contributed by atoms with Crippen LogP contribution in [0.25, 0.3) is 0 Å². The zero-order valence-corrected chi connectivity index (χ0v) is 17.2. The Balaban J connectivity index is 1.73. The summed E-state index contributed by atoms with van der Waals surface area (Å²) in [6.45, 7) is 8.15. The van der Waals surface area contributed by atoms with Crippen LogP contribution in [0, 0.1) is 6.92 Å². The number of aryl methyl sites for hydroxylation is 1. The summed E-state index contributed by atoms with van der Waals surface area (Å²) in [6, 6.07) is 5.33. The summed E-state index contributed by atoms with van der Waals surface area (Å²) in [6.07, 6.45) is 3.42. The van der Waals surface area contributed by atoms with E-state index in [4.69, 9.17) is 4.74 Å². The normalized spacial score (nSPS) is 16.4. The van der Waals surface area contributed by atoms with E-state index in [0.717, 1.165) is 29.8 Å². The third-order valence-corrected chi connectivity index (χ3v) is 5.11. The Bertz CT molecular complexity index is 864. The fraction of sp³-hybridized carbons (Fsp3) is 0.476. The first-order valence-corrected chi connectivity index (χ1v) is 10.1. The van der Waals surface area contributed by atoms with Crippen LogP contribution in [0.4, 0.5) is 10.5 Å². The fourth-order valence-electron chi connectivity index (χ4n) is 3.66. The lowest BCUT2D eigenvalue weighted by atomic mass is 9.93. The average molecular weight is 399 g/mol. The highest BCUT2D eigenvalue weighted by Gasteiger charge is 2.28. The Kier molecular flexibility index (Phi) is 6.74. The minimum atomic E-state index is -0.262. The molecule has 0 bridgehead atoms. The number of hydrogen-bond acceptors (Lipinski definition) is 4. The number of amides is 3. The minimum absolute atomic E-state index is 0.00611. The molecule has 29 heavy (non-hydrogen) atoms. The van der Waals surface area contributed by atoms with Crippen LogP contribution >= 0.6 is 0 Å². The van der Waals surface area contributed by atoms with Gasteiger partial charge in [-0.05, 0) is 51.3 Å². The lowest BCUT2D eigenvalue weighted by Gasteiger charge is -2.33. The summed E-state index contributed by atoms with van der Waals surface area (Å²) in [5, 5.41) is 12.6. The molecule has 3 amide bonds. The maximum Gasteiger partial charge on any atom is 0.319 e. The molecule has 156 valence electrons. The van der Waals surface area contributed by atoms with Crippen molar-refractivity contribution in [3.8, 4) is 5.75 Å². The molecule has 8 nitrogen and oxygen atoms in total. The van der Waals surface area contributed by atoms with E-state index in [1.165, 1.54) is 0 Å². The molecule has 8 heteroatoms. The van der Waals surface area contributed by atoms with E-state index in [1.54, 1.807) is 6.20 Å². The summed E-state index contributed by atoms with van der Waals surface area (Å²) in [7, 11) is 0. The molecule has 2 heterocycles. The number of H-pyrrole nitrogens is 1. The number of piperidine rings is 1. The van der Waals surface area contributed by atoms with Gasteiger partial charge in [0, 0.05) is 31.1 Å². The number of benzene rings is 1. The summed E-state index contributed by atoms with van der Waals surface area (Å²) in [5.74, 6) is 0.825. The number of hydrogen-bond donors (Lipinski definition) is 3. The van der Waals surface area contributed by atoms with Crippen molar-refractivity contribution in [3.63, 3.8) is 0 Å². The van der Waals surface area contributed by atoms with Crippen molar-refractivity contribution >= 4 is 17.6 Å². The Labute approximate surface area is 171 Å². The number of aromatic amines is 1. The number of anilines is 1. The van der Waals surface area contributed by atoms with Crippen molar-refractivity contribution in [3.05, 3.63) is 41.2 Å². The first-order chi connectivity index (χ1) is 14.0. The lowest BCUT2D eigenvalue weighted by molar-refractivity contribution is 0.0705. The molecule has 1 atom stereocenters. The van der Waals surface area contributed by atoms with Gasteiger partial charge in [0.1, 0.15) is 5.75 Å². The van der Waals surface area contributed by atoms with E-state index in [-0.39, 0.29) is 17.9 Å². The smallest absolute Gasteiger partial charge is 0.319 e. The van der Waals surface area contributed by atoms with Gasteiger partial charge in [-0.3, -0.25) is 9.89 Å². The molecular weight excluding hydrogens is 370 g/mol. The monoisotopic (exact) mass is 399 g/mol. The lowest BCUT2D eigenvalue weighted by Crippen LogP contribution is -2.39. The first kappa shape index (κ1) is 20.7. The predicted molar refractivity (Wildman–Crippen MR) is 112 cm³/mol. The summed E-state index contributed by atoms with van der Waals surface area (Å²) in [4.78, 5) is 26.8. The van der Waals surface area contributed by atoms with Gasteiger partial charge in [-0.15, -0.1) is 0 Å².